The van der Waals surface area contributed by atoms with Crippen molar-refractivity contribution in [1.82, 2.24) is 10.7 Å². The molecule has 0 bridgehead atoms. The number of rotatable bonds is 18. The lowest BCUT2D eigenvalue weighted by Gasteiger charge is -2.05. The van der Waals surface area contributed by atoms with E-state index in [1.807, 2.05) is 24.3 Å². The minimum atomic E-state index is -0.539. The summed E-state index contributed by atoms with van der Waals surface area (Å²) in [5.74, 6) is -0.764. The first kappa shape index (κ1) is 32.3. The fourth-order valence-electron chi connectivity index (χ4n) is 4.39. The molecule has 0 aliphatic rings. The number of hydrogen-bond acceptors (Lipinski definition) is 6. The summed E-state index contributed by atoms with van der Waals surface area (Å²) in [5.41, 5.74) is 3.02. The van der Waals surface area contributed by atoms with E-state index in [0.717, 1.165) is 29.3 Å². The summed E-state index contributed by atoms with van der Waals surface area (Å²) in [6.45, 7) is 2.10. The Bertz CT molecular complexity index is 1310. The fourth-order valence-corrected chi connectivity index (χ4v) is 5.78. The lowest BCUT2D eigenvalue weighted by atomic mass is 10.1. The standard InChI is InChI=1S/C32H40ClN3O4S/c1-2-3-4-5-6-7-8-9-10-11-12-20-28(37)34-23-29(38)36-35-22-24-16-15-17-25(21-24)40-32(39)31-30(33)26-18-13-14-19-27(26)41-31/h13-19,21-22H,2-12,20,23H2,1H3,(H,34,37)(H,36,38)/b35-22+. The van der Waals surface area contributed by atoms with Crippen molar-refractivity contribution in [2.45, 2.75) is 84.0 Å². The molecule has 2 N–H and O–H groups in total. The van der Waals surface area contributed by atoms with Crippen molar-refractivity contribution in [3.8, 4) is 5.75 Å². The lowest BCUT2D eigenvalue weighted by molar-refractivity contribution is -0.126. The molecule has 220 valence electrons. The first-order valence-corrected chi connectivity index (χ1v) is 15.7. The molecule has 0 aliphatic heterocycles. The normalized spacial score (nSPS) is 11.2. The number of benzene rings is 2. The molecule has 41 heavy (non-hydrogen) atoms. The average molecular weight is 598 g/mol. The molecule has 0 aliphatic carbocycles. The van der Waals surface area contributed by atoms with E-state index in [1.54, 1.807) is 24.3 Å². The van der Waals surface area contributed by atoms with Crippen LogP contribution in [-0.4, -0.2) is 30.5 Å². The monoisotopic (exact) mass is 597 g/mol. The number of esters is 1. The third-order valence-corrected chi connectivity index (χ3v) is 8.30. The molecule has 2 amide bonds. The molecule has 9 heteroatoms. The van der Waals surface area contributed by atoms with Crippen molar-refractivity contribution in [1.29, 1.82) is 0 Å². The molecule has 1 heterocycles. The van der Waals surface area contributed by atoms with Gasteiger partial charge in [-0.1, -0.05) is 113 Å². The van der Waals surface area contributed by atoms with Crippen molar-refractivity contribution < 1.29 is 19.1 Å². The van der Waals surface area contributed by atoms with Crippen molar-refractivity contribution in [2.75, 3.05) is 6.54 Å². The second-order valence-electron chi connectivity index (χ2n) is 10.1. The van der Waals surface area contributed by atoms with E-state index >= 15 is 0 Å². The highest BCUT2D eigenvalue weighted by Crippen LogP contribution is 2.35. The zero-order chi connectivity index (χ0) is 29.3. The highest BCUT2D eigenvalue weighted by atomic mass is 35.5. The van der Waals surface area contributed by atoms with Gasteiger partial charge in [0, 0.05) is 16.5 Å². The van der Waals surface area contributed by atoms with Crippen molar-refractivity contribution in [2.24, 2.45) is 5.10 Å². The minimum Gasteiger partial charge on any atom is -0.422 e. The first-order chi connectivity index (χ1) is 20.0. The van der Waals surface area contributed by atoms with E-state index < -0.39 is 11.9 Å². The maximum absolute atomic E-state index is 12.7. The Hall–Kier alpha value is -3.23. The first-order valence-electron chi connectivity index (χ1n) is 14.6. The van der Waals surface area contributed by atoms with Crippen molar-refractivity contribution in [3.63, 3.8) is 0 Å². The summed E-state index contributed by atoms with van der Waals surface area (Å²) >= 11 is 7.66. The topological polar surface area (TPSA) is 96.9 Å². The molecular formula is C32H40ClN3O4S. The van der Waals surface area contributed by atoms with Gasteiger partial charge in [-0.25, -0.2) is 10.2 Å². The molecule has 3 rings (SSSR count). The number of nitrogens with zero attached hydrogens (tertiary/aromatic N) is 1. The minimum absolute atomic E-state index is 0.131. The molecule has 0 radical (unpaired) electrons. The molecule has 0 spiro atoms. The SMILES string of the molecule is CCCCCCCCCCCCCC(=O)NCC(=O)N/N=C/c1cccc(OC(=O)c2sc3ccccc3c2Cl)c1. The number of hydrazone groups is 1. The number of carbonyl (C=O) groups excluding carboxylic acids is 3. The van der Waals surface area contributed by atoms with Gasteiger partial charge in [0.15, 0.2) is 0 Å². The number of ether oxygens (including phenoxy) is 1. The molecule has 7 nitrogen and oxygen atoms in total. The van der Waals surface area contributed by atoms with E-state index in [9.17, 15) is 14.4 Å². The number of nitrogens with one attached hydrogen (secondary N) is 2. The highest BCUT2D eigenvalue weighted by molar-refractivity contribution is 7.21. The lowest BCUT2D eigenvalue weighted by Crippen LogP contribution is -2.34. The van der Waals surface area contributed by atoms with Crippen LogP contribution in [0, 0.1) is 0 Å². The molecule has 1 aromatic heterocycles. The van der Waals surface area contributed by atoms with Gasteiger partial charge in [0.2, 0.25) is 5.91 Å². The summed E-state index contributed by atoms with van der Waals surface area (Å²) in [6.07, 6.45) is 15.3. The number of thiophene rings is 1. The van der Waals surface area contributed by atoms with Crippen LogP contribution in [0.4, 0.5) is 0 Å². The molecule has 0 saturated heterocycles. The summed E-state index contributed by atoms with van der Waals surface area (Å²) < 4.78 is 6.42. The van der Waals surface area contributed by atoms with Gasteiger partial charge in [0.05, 0.1) is 17.8 Å². The molecule has 0 atom stereocenters. The van der Waals surface area contributed by atoms with Gasteiger partial charge in [0.25, 0.3) is 5.91 Å². The Balaban J connectivity index is 1.30. The third-order valence-electron chi connectivity index (χ3n) is 6.65. The van der Waals surface area contributed by atoms with Gasteiger partial charge < -0.3 is 10.1 Å². The Morgan fingerprint density at radius 1 is 0.878 bits per heavy atom. The Morgan fingerprint density at radius 3 is 2.27 bits per heavy atom. The molecule has 2 aromatic carbocycles. The van der Waals surface area contributed by atoms with Crippen LogP contribution in [0.2, 0.25) is 5.02 Å². The second-order valence-corrected chi connectivity index (χ2v) is 11.5. The highest BCUT2D eigenvalue weighted by Gasteiger charge is 2.19. The van der Waals surface area contributed by atoms with Gasteiger partial charge in [-0.3, -0.25) is 9.59 Å². The zero-order valence-corrected chi connectivity index (χ0v) is 25.3. The molecule has 3 aromatic rings. The quantitative estimate of drug-likeness (QED) is 0.0510. The van der Waals surface area contributed by atoms with Crippen LogP contribution >= 0.6 is 22.9 Å². The predicted molar refractivity (Wildman–Crippen MR) is 168 cm³/mol. The smallest absolute Gasteiger partial charge is 0.355 e. The van der Waals surface area contributed by atoms with Crippen molar-refractivity contribution in [3.05, 3.63) is 64.0 Å². The van der Waals surface area contributed by atoms with Crippen LogP contribution < -0.4 is 15.5 Å². The maximum Gasteiger partial charge on any atom is 0.355 e. The fraction of sp³-hybridized carbons (Fsp3) is 0.438. The van der Waals surface area contributed by atoms with E-state index in [1.165, 1.54) is 68.9 Å². The van der Waals surface area contributed by atoms with Gasteiger partial charge in [-0.2, -0.15) is 5.10 Å². The Labute approximate surface area is 251 Å². The second kappa shape index (κ2) is 18.3. The number of fused-ring (bicyclic) bond motifs is 1. The summed E-state index contributed by atoms with van der Waals surface area (Å²) in [6, 6.07) is 14.3. The number of carbonyl (C=O) groups is 3. The summed E-state index contributed by atoms with van der Waals surface area (Å²) in [4.78, 5) is 37.1. The van der Waals surface area contributed by atoms with Crippen LogP contribution in [-0.2, 0) is 9.59 Å². The molecule has 0 unspecified atom stereocenters. The summed E-state index contributed by atoms with van der Waals surface area (Å²) in [7, 11) is 0. The van der Waals surface area contributed by atoms with Crippen LogP contribution in [0.3, 0.4) is 0 Å². The average Bonchev–Trinajstić information content (AvgIpc) is 3.31. The van der Waals surface area contributed by atoms with Gasteiger partial charge in [-0.05, 0) is 30.2 Å². The summed E-state index contributed by atoms with van der Waals surface area (Å²) in [5, 5.41) is 7.76. The zero-order valence-electron chi connectivity index (χ0n) is 23.8. The molecule has 0 saturated carbocycles. The number of unbranched alkanes of at least 4 members (excludes halogenated alkanes) is 10. The third kappa shape index (κ3) is 11.7. The predicted octanol–water partition coefficient (Wildman–Crippen LogP) is 8.04. The van der Waals surface area contributed by atoms with Crippen LogP contribution in [0.25, 0.3) is 10.1 Å². The van der Waals surface area contributed by atoms with E-state index in [2.05, 4.69) is 22.8 Å². The largest absolute Gasteiger partial charge is 0.422 e. The van der Waals surface area contributed by atoms with Gasteiger partial charge in [0.1, 0.15) is 10.6 Å². The van der Waals surface area contributed by atoms with E-state index in [-0.39, 0.29) is 12.5 Å². The molecule has 0 fully saturated rings. The maximum atomic E-state index is 12.7. The van der Waals surface area contributed by atoms with Crippen LogP contribution in [0.15, 0.2) is 53.6 Å². The van der Waals surface area contributed by atoms with Crippen molar-refractivity contribution >= 4 is 57.0 Å². The Kier molecular flexibility index (Phi) is 14.4. The van der Waals surface area contributed by atoms with E-state index in [0.29, 0.717) is 27.6 Å². The van der Waals surface area contributed by atoms with Crippen LogP contribution in [0.1, 0.15) is 99.2 Å². The molecular weight excluding hydrogens is 558 g/mol. The van der Waals surface area contributed by atoms with Gasteiger partial charge >= 0.3 is 5.97 Å². The Morgan fingerprint density at radius 2 is 1.56 bits per heavy atom. The van der Waals surface area contributed by atoms with Crippen LogP contribution in [0.5, 0.6) is 5.75 Å². The van der Waals surface area contributed by atoms with Gasteiger partial charge in [-0.15, -0.1) is 11.3 Å². The number of amides is 2. The number of halogens is 1. The van der Waals surface area contributed by atoms with E-state index in [4.69, 9.17) is 16.3 Å². The number of hydrogen-bond donors (Lipinski definition) is 2.